The maximum Gasteiger partial charge on any atom is 0.127 e. The molecule has 0 heterocycles. The summed E-state index contributed by atoms with van der Waals surface area (Å²) in [6.45, 7) is 2.99. The van der Waals surface area contributed by atoms with E-state index in [9.17, 15) is 4.39 Å². The van der Waals surface area contributed by atoms with Crippen molar-refractivity contribution in [2.24, 2.45) is 0 Å². The zero-order valence-corrected chi connectivity index (χ0v) is 13.2. The Labute approximate surface area is 127 Å². The Bertz CT molecular complexity index is 376. The first-order valence-corrected chi connectivity index (χ1v) is 7.51. The van der Waals surface area contributed by atoms with Gasteiger partial charge in [-0.25, -0.2) is 4.39 Å². The number of methoxy groups -OCH3 is 1. The summed E-state index contributed by atoms with van der Waals surface area (Å²) in [5.74, 6) is 0.212. The van der Waals surface area contributed by atoms with Crippen LogP contribution in [0.2, 0.25) is 0 Å². The van der Waals surface area contributed by atoms with Gasteiger partial charge in [0.05, 0.1) is 33.0 Å². The van der Waals surface area contributed by atoms with E-state index in [-0.39, 0.29) is 5.82 Å². The Hall–Kier alpha value is -0.690. The van der Waals surface area contributed by atoms with Crippen LogP contribution in [0.15, 0.2) is 18.2 Å². The van der Waals surface area contributed by atoms with Gasteiger partial charge in [-0.3, -0.25) is 0 Å². The zero-order chi connectivity index (χ0) is 14.6. The fourth-order valence-electron chi connectivity index (χ4n) is 1.46. The first kappa shape index (κ1) is 17.4. The highest BCUT2D eigenvalue weighted by molar-refractivity contribution is 9.08. The van der Waals surface area contributed by atoms with Crippen molar-refractivity contribution in [3.8, 4) is 5.75 Å². The van der Waals surface area contributed by atoms with Crippen LogP contribution in [0.25, 0.3) is 0 Å². The molecule has 0 fully saturated rings. The molecule has 0 bridgehead atoms. The molecule has 0 aliphatic carbocycles. The first-order valence-electron chi connectivity index (χ1n) is 6.39. The Morgan fingerprint density at radius 1 is 0.950 bits per heavy atom. The van der Waals surface area contributed by atoms with Crippen molar-refractivity contribution in [1.29, 1.82) is 0 Å². The summed E-state index contributed by atoms with van der Waals surface area (Å²) in [4.78, 5) is 0. The molecule has 0 saturated heterocycles. The van der Waals surface area contributed by atoms with Crippen LogP contribution in [0.1, 0.15) is 5.56 Å². The fourth-order valence-corrected chi connectivity index (χ4v) is 1.79. The van der Waals surface area contributed by atoms with E-state index in [4.69, 9.17) is 18.9 Å². The lowest BCUT2D eigenvalue weighted by Crippen LogP contribution is -2.12. The quantitative estimate of drug-likeness (QED) is 0.454. The van der Waals surface area contributed by atoms with Crippen LogP contribution in [0.5, 0.6) is 5.75 Å². The topological polar surface area (TPSA) is 36.9 Å². The Morgan fingerprint density at radius 3 is 2.25 bits per heavy atom. The molecule has 0 amide bonds. The molecular weight excluding hydrogens is 331 g/mol. The molecule has 1 rings (SSSR count). The second-order valence-electron chi connectivity index (χ2n) is 3.99. The van der Waals surface area contributed by atoms with Crippen LogP contribution >= 0.6 is 15.9 Å². The van der Waals surface area contributed by atoms with E-state index in [2.05, 4.69) is 15.9 Å². The van der Waals surface area contributed by atoms with Crippen molar-refractivity contribution in [3.05, 3.63) is 29.6 Å². The van der Waals surface area contributed by atoms with Gasteiger partial charge in [-0.05, 0) is 17.7 Å². The van der Waals surface area contributed by atoms with E-state index >= 15 is 0 Å². The van der Waals surface area contributed by atoms with Gasteiger partial charge in [0.25, 0.3) is 0 Å². The van der Waals surface area contributed by atoms with Gasteiger partial charge < -0.3 is 18.9 Å². The van der Waals surface area contributed by atoms with E-state index in [0.29, 0.717) is 50.7 Å². The van der Waals surface area contributed by atoms with Crippen molar-refractivity contribution < 1.29 is 23.3 Å². The summed E-state index contributed by atoms with van der Waals surface area (Å²) in [7, 11) is 1.63. The van der Waals surface area contributed by atoms with Crippen LogP contribution in [0, 0.1) is 5.82 Å². The van der Waals surface area contributed by atoms with Gasteiger partial charge >= 0.3 is 0 Å². The standard InChI is InChI=1S/C14H20BrFO4/c1-17-2-3-18-4-5-19-6-7-20-14-9-12(11-15)8-13(16)10-14/h8-10H,2-7,11H2,1H3. The lowest BCUT2D eigenvalue weighted by Gasteiger charge is -2.09. The number of benzene rings is 1. The van der Waals surface area contributed by atoms with E-state index in [0.717, 1.165) is 5.56 Å². The van der Waals surface area contributed by atoms with Crippen molar-refractivity contribution in [2.75, 3.05) is 46.8 Å². The summed E-state index contributed by atoms with van der Waals surface area (Å²) >= 11 is 3.28. The summed E-state index contributed by atoms with van der Waals surface area (Å²) in [5, 5.41) is 0.594. The van der Waals surface area contributed by atoms with E-state index in [1.165, 1.54) is 12.1 Å². The number of ether oxygens (including phenoxy) is 4. The molecule has 0 N–H and O–H groups in total. The zero-order valence-electron chi connectivity index (χ0n) is 11.6. The highest BCUT2D eigenvalue weighted by Gasteiger charge is 2.01. The van der Waals surface area contributed by atoms with Crippen LogP contribution < -0.4 is 4.74 Å². The van der Waals surface area contributed by atoms with Crippen LogP contribution in [0.4, 0.5) is 4.39 Å². The molecule has 4 nitrogen and oxygen atoms in total. The molecule has 114 valence electrons. The molecule has 0 radical (unpaired) electrons. The fraction of sp³-hybridized carbons (Fsp3) is 0.571. The van der Waals surface area contributed by atoms with Crippen molar-refractivity contribution >= 4 is 15.9 Å². The Kier molecular flexibility index (Phi) is 9.57. The van der Waals surface area contributed by atoms with Gasteiger partial charge in [-0.2, -0.15) is 0 Å². The number of alkyl halides is 1. The molecule has 0 unspecified atom stereocenters. The van der Waals surface area contributed by atoms with Crippen LogP contribution in [-0.4, -0.2) is 46.8 Å². The van der Waals surface area contributed by atoms with Gasteiger partial charge in [0, 0.05) is 18.5 Å². The highest BCUT2D eigenvalue weighted by Crippen LogP contribution is 2.18. The predicted octanol–water partition coefficient (Wildman–Crippen LogP) is 2.78. The smallest absolute Gasteiger partial charge is 0.127 e. The average molecular weight is 351 g/mol. The van der Waals surface area contributed by atoms with Crippen molar-refractivity contribution in [1.82, 2.24) is 0 Å². The van der Waals surface area contributed by atoms with Gasteiger partial charge in [-0.1, -0.05) is 15.9 Å². The largest absolute Gasteiger partial charge is 0.491 e. The molecular formula is C14H20BrFO4. The molecule has 0 aliphatic heterocycles. The lowest BCUT2D eigenvalue weighted by atomic mass is 10.2. The summed E-state index contributed by atoms with van der Waals surface area (Å²) in [6.07, 6.45) is 0. The second kappa shape index (κ2) is 11.0. The third kappa shape index (κ3) is 7.79. The molecule has 0 spiro atoms. The van der Waals surface area contributed by atoms with E-state index in [1.807, 2.05) is 0 Å². The molecule has 0 atom stereocenters. The molecule has 0 aliphatic rings. The minimum Gasteiger partial charge on any atom is -0.491 e. The van der Waals surface area contributed by atoms with Crippen LogP contribution in [0.3, 0.4) is 0 Å². The van der Waals surface area contributed by atoms with Crippen molar-refractivity contribution in [3.63, 3.8) is 0 Å². The van der Waals surface area contributed by atoms with Crippen LogP contribution in [-0.2, 0) is 19.5 Å². The summed E-state index contributed by atoms with van der Waals surface area (Å²) in [5.41, 5.74) is 0.840. The summed E-state index contributed by atoms with van der Waals surface area (Å²) in [6, 6.07) is 4.63. The minimum absolute atomic E-state index is 0.301. The van der Waals surface area contributed by atoms with Gasteiger partial charge in [0.2, 0.25) is 0 Å². The Balaban J connectivity index is 2.08. The maximum absolute atomic E-state index is 13.2. The third-order valence-electron chi connectivity index (χ3n) is 2.39. The SMILES string of the molecule is COCCOCCOCCOc1cc(F)cc(CBr)c1. The van der Waals surface area contributed by atoms with Gasteiger partial charge in [-0.15, -0.1) is 0 Å². The number of halogens is 2. The molecule has 1 aromatic carbocycles. The molecule has 0 aromatic heterocycles. The molecule has 6 heteroatoms. The van der Waals surface area contributed by atoms with Crippen molar-refractivity contribution in [2.45, 2.75) is 5.33 Å². The number of hydrogen-bond donors (Lipinski definition) is 0. The second-order valence-corrected chi connectivity index (χ2v) is 4.56. The summed E-state index contributed by atoms with van der Waals surface area (Å²) < 4.78 is 34.1. The van der Waals surface area contributed by atoms with Gasteiger partial charge in [0.1, 0.15) is 18.2 Å². The van der Waals surface area contributed by atoms with E-state index in [1.54, 1.807) is 13.2 Å². The highest BCUT2D eigenvalue weighted by atomic mass is 79.9. The Morgan fingerprint density at radius 2 is 1.60 bits per heavy atom. The average Bonchev–Trinajstić information content (AvgIpc) is 2.45. The predicted molar refractivity (Wildman–Crippen MR) is 78.0 cm³/mol. The molecule has 20 heavy (non-hydrogen) atoms. The normalized spacial score (nSPS) is 10.8. The number of rotatable bonds is 11. The third-order valence-corrected chi connectivity index (χ3v) is 3.03. The maximum atomic E-state index is 13.2. The van der Waals surface area contributed by atoms with Gasteiger partial charge in [0.15, 0.2) is 0 Å². The minimum atomic E-state index is -0.301. The van der Waals surface area contributed by atoms with E-state index < -0.39 is 0 Å². The number of hydrogen-bond acceptors (Lipinski definition) is 4. The lowest BCUT2D eigenvalue weighted by molar-refractivity contribution is 0.0179. The molecule has 0 saturated carbocycles. The molecule has 1 aromatic rings. The first-order chi connectivity index (χ1) is 9.76. The monoisotopic (exact) mass is 350 g/mol.